The molecule has 1 aliphatic rings. The fourth-order valence-corrected chi connectivity index (χ4v) is 1.41. The topological polar surface area (TPSA) is 112 Å². The van der Waals surface area contributed by atoms with Crippen molar-refractivity contribution < 1.29 is 14.6 Å². The molecule has 88 valence electrons. The van der Waals surface area contributed by atoms with Gasteiger partial charge in [0, 0.05) is 0 Å². The Morgan fingerprint density at radius 3 is 3.12 bits per heavy atom. The predicted molar refractivity (Wildman–Crippen MR) is 52.4 cm³/mol. The fourth-order valence-electron chi connectivity index (χ4n) is 1.41. The molecule has 8 heteroatoms. The van der Waals surface area contributed by atoms with Crippen LogP contribution in [0.1, 0.15) is 0 Å². The second-order valence-electron chi connectivity index (χ2n) is 3.35. The number of aromatic nitrogens is 3. The molecule has 1 saturated heterocycles. The predicted octanol–water partition coefficient (Wildman–Crippen LogP) is -2.05. The summed E-state index contributed by atoms with van der Waals surface area (Å²) in [6.07, 6.45) is 0.401. The minimum atomic E-state index is -0.615. The number of hydrogen-bond donors (Lipinski definition) is 2. The molecule has 2 atom stereocenters. The van der Waals surface area contributed by atoms with Crippen molar-refractivity contribution in [2.75, 3.05) is 18.9 Å². The molecule has 3 N–H and O–H groups in total. The molecule has 8 nitrogen and oxygen atoms in total. The highest BCUT2D eigenvalue weighted by molar-refractivity contribution is 5.09. The Hall–Kier alpha value is -1.51. The summed E-state index contributed by atoms with van der Waals surface area (Å²) in [4.78, 5) is 18.6. The molecule has 0 spiro atoms. The Balaban J connectivity index is 2.02. The molecule has 0 aromatic carbocycles. The van der Waals surface area contributed by atoms with E-state index in [0.29, 0.717) is 6.61 Å². The van der Waals surface area contributed by atoms with Crippen molar-refractivity contribution in [1.82, 2.24) is 14.5 Å². The number of ether oxygens (including phenoxy) is 2. The Morgan fingerprint density at radius 2 is 2.50 bits per heavy atom. The van der Waals surface area contributed by atoms with Gasteiger partial charge in [-0.3, -0.25) is 4.57 Å². The minimum absolute atomic E-state index is 0.0573. The molecule has 0 unspecified atom stereocenters. The normalized spacial score (nSPS) is 24.8. The molecule has 0 aliphatic carbocycles. The maximum atomic E-state index is 11.4. The Kier molecular flexibility index (Phi) is 3.13. The standard InChI is InChI=1S/C8H12N4O4/c9-7-10-4-12(8(14)11-7)1-5-3-15-6(2-13)16-5/h4-6,13H,1-3H2,(H2,9,11,14)/t5-,6-/m0/s1. The van der Waals surface area contributed by atoms with Crippen LogP contribution in [0.2, 0.25) is 0 Å². The lowest BCUT2D eigenvalue weighted by atomic mass is 10.4. The lowest BCUT2D eigenvalue weighted by Crippen LogP contribution is -2.30. The van der Waals surface area contributed by atoms with Gasteiger partial charge in [0.1, 0.15) is 12.4 Å². The Bertz CT molecular complexity index is 421. The van der Waals surface area contributed by atoms with Crippen molar-refractivity contribution >= 4 is 5.95 Å². The van der Waals surface area contributed by atoms with Crippen LogP contribution in [0.3, 0.4) is 0 Å². The largest absolute Gasteiger partial charge is 0.391 e. The number of hydrogen-bond acceptors (Lipinski definition) is 7. The third kappa shape index (κ3) is 2.35. The lowest BCUT2D eigenvalue weighted by Gasteiger charge is -2.10. The van der Waals surface area contributed by atoms with Gasteiger partial charge in [0.2, 0.25) is 5.95 Å². The summed E-state index contributed by atoms with van der Waals surface area (Å²) in [6.45, 7) is 0.390. The monoisotopic (exact) mass is 228 g/mol. The van der Waals surface area contributed by atoms with E-state index in [1.54, 1.807) is 0 Å². The van der Waals surface area contributed by atoms with Gasteiger partial charge in [0.25, 0.3) is 0 Å². The van der Waals surface area contributed by atoms with Crippen molar-refractivity contribution in [2.45, 2.75) is 18.9 Å². The van der Waals surface area contributed by atoms with Gasteiger partial charge in [-0.1, -0.05) is 0 Å². The van der Waals surface area contributed by atoms with E-state index >= 15 is 0 Å². The first-order valence-corrected chi connectivity index (χ1v) is 4.76. The molecule has 1 aromatic rings. The second-order valence-corrected chi connectivity index (χ2v) is 3.35. The van der Waals surface area contributed by atoms with Crippen molar-refractivity contribution in [3.8, 4) is 0 Å². The van der Waals surface area contributed by atoms with Crippen LogP contribution in [0, 0.1) is 0 Å². The number of nitrogen functional groups attached to an aromatic ring is 1. The van der Waals surface area contributed by atoms with E-state index in [1.165, 1.54) is 10.9 Å². The summed E-state index contributed by atoms with van der Waals surface area (Å²) in [7, 11) is 0. The van der Waals surface area contributed by atoms with Gasteiger partial charge >= 0.3 is 5.69 Å². The van der Waals surface area contributed by atoms with Crippen LogP contribution >= 0.6 is 0 Å². The molecule has 2 rings (SSSR count). The molecular weight excluding hydrogens is 216 g/mol. The molecule has 1 aromatic heterocycles. The van der Waals surface area contributed by atoms with Gasteiger partial charge in [-0.25, -0.2) is 9.78 Å². The third-order valence-corrected chi connectivity index (χ3v) is 2.15. The van der Waals surface area contributed by atoms with Crippen LogP contribution in [0.25, 0.3) is 0 Å². The average Bonchev–Trinajstić information content (AvgIpc) is 2.70. The molecular formula is C8H12N4O4. The van der Waals surface area contributed by atoms with E-state index in [2.05, 4.69) is 9.97 Å². The molecule has 16 heavy (non-hydrogen) atoms. The van der Waals surface area contributed by atoms with Crippen LogP contribution in [0.4, 0.5) is 5.95 Å². The summed E-state index contributed by atoms with van der Waals surface area (Å²) in [5.74, 6) is -0.0573. The average molecular weight is 228 g/mol. The van der Waals surface area contributed by atoms with Gasteiger partial charge in [0.05, 0.1) is 19.8 Å². The highest BCUT2D eigenvalue weighted by Gasteiger charge is 2.25. The van der Waals surface area contributed by atoms with Crippen molar-refractivity contribution in [2.24, 2.45) is 0 Å². The Morgan fingerprint density at radius 1 is 1.69 bits per heavy atom. The van der Waals surface area contributed by atoms with E-state index < -0.39 is 12.0 Å². The molecule has 0 bridgehead atoms. The van der Waals surface area contributed by atoms with Crippen LogP contribution in [0.15, 0.2) is 11.1 Å². The fraction of sp³-hybridized carbons (Fsp3) is 0.625. The number of aliphatic hydroxyl groups excluding tert-OH is 1. The Labute approximate surface area is 90.6 Å². The number of nitrogens with zero attached hydrogens (tertiary/aromatic N) is 3. The van der Waals surface area contributed by atoms with Crippen molar-refractivity contribution in [3.05, 3.63) is 16.8 Å². The van der Waals surface area contributed by atoms with Gasteiger partial charge < -0.3 is 20.3 Å². The summed E-state index contributed by atoms with van der Waals surface area (Å²) >= 11 is 0. The highest BCUT2D eigenvalue weighted by Crippen LogP contribution is 2.11. The van der Waals surface area contributed by atoms with Crippen LogP contribution in [-0.4, -0.2) is 45.2 Å². The van der Waals surface area contributed by atoms with E-state index in [-0.39, 0.29) is 25.2 Å². The zero-order chi connectivity index (χ0) is 11.5. The highest BCUT2D eigenvalue weighted by atomic mass is 16.7. The first-order valence-electron chi connectivity index (χ1n) is 4.76. The number of aliphatic hydroxyl groups is 1. The van der Waals surface area contributed by atoms with Crippen LogP contribution in [0.5, 0.6) is 0 Å². The minimum Gasteiger partial charge on any atom is -0.391 e. The molecule has 1 fully saturated rings. The lowest BCUT2D eigenvalue weighted by molar-refractivity contribution is -0.0893. The third-order valence-electron chi connectivity index (χ3n) is 2.15. The smallest absolute Gasteiger partial charge is 0.352 e. The van der Waals surface area contributed by atoms with Crippen LogP contribution in [-0.2, 0) is 16.0 Å². The van der Waals surface area contributed by atoms with Crippen LogP contribution < -0.4 is 11.4 Å². The number of rotatable bonds is 3. The molecule has 1 aliphatic heterocycles. The van der Waals surface area contributed by atoms with Crippen molar-refractivity contribution in [1.29, 1.82) is 0 Å². The maximum absolute atomic E-state index is 11.4. The van der Waals surface area contributed by atoms with Gasteiger partial charge in [0.15, 0.2) is 6.29 Å². The molecule has 2 heterocycles. The first kappa shape index (κ1) is 11.0. The number of nitrogens with two attached hydrogens (primary N) is 1. The second kappa shape index (κ2) is 4.56. The van der Waals surface area contributed by atoms with E-state index in [4.69, 9.17) is 20.3 Å². The van der Waals surface area contributed by atoms with Gasteiger partial charge in [-0.05, 0) is 0 Å². The zero-order valence-corrected chi connectivity index (χ0v) is 8.44. The van der Waals surface area contributed by atoms with Gasteiger partial charge in [-0.2, -0.15) is 4.98 Å². The SMILES string of the molecule is Nc1ncn(C[C@H]2CO[C@H](CO)O2)c(=O)n1. The zero-order valence-electron chi connectivity index (χ0n) is 8.44. The van der Waals surface area contributed by atoms with Crippen molar-refractivity contribution in [3.63, 3.8) is 0 Å². The number of anilines is 1. The molecule has 0 saturated carbocycles. The molecule has 0 amide bonds. The summed E-state index contributed by atoms with van der Waals surface area (Å²) in [5.41, 5.74) is 4.77. The molecule has 0 radical (unpaired) electrons. The first-order chi connectivity index (χ1) is 7.69. The van der Waals surface area contributed by atoms with Gasteiger partial charge in [-0.15, -0.1) is 0 Å². The quantitative estimate of drug-likeness (QED) is 0.612. The summed E-state index contributed by atoms with van der Waals surface area (Å²) in [6, 6.07) is 0. The summed E-state index contributed by atoms with van der Waals surface area (Å²) < 4.78 is 11.7. The van der Waals surface area contributed by atoms with E-state index in [1.807, 2.05) is 0 Å². The van der Waals surface area contributed by atoms with E-state index in [0.717, 1.165) is 0 Å². The summed E-state index contributed by atoms with van der Waals surface area (Å²) in [5, 5.41) is 8.78. The maximum Gasteiger partial charge on any atom is 0.352 e. The van der Waals surface area contributed by atoms with E-state index in [9.17, 15) is 4.79 Å².